The van der Waals surface area contributed by atoms with E-state index in [0.29, 0.717) is 0 Å². The number of ether oxygens (including phenoxy) is 1. The molecule has 1 unspecified atom stereocenters. The molecule has 0 bridgehead atoms. The summed E-state index contributed by atoms with van der Waals surface area (Å²) < 4.78 is 5.49. The summed E-state index contributed by atoms with van der Waals surface area (Å²) >= 11 is 5.95. The zero-order valence-electron chi connectivity index (χ0n) is 18.5. The second kappa shape index (κ2) is 10.3. The molecule has 0 radical (unpaired) electrons. The Bertz CT molecular complexity index is 1300. The molecule has 8 heteroatoms. The predicted molar refractivity (Wildman–Crippen MR) is 132 cm³/mol. The second-order valence-corrected chi connectivity index (χ2v) is 8.33. The van der Waals surface area contributed by atoms with E-state index < -0.39 is 24.0 Å². The lowest BCUT2D eigenvalue weighted by Gasteiger charge is -2.18. The fourth-order valence-electron chi connectivity index (χ4n) is 4.11. The Kier molecular flexibility index (Phi) is 7.04. The SMILES string of the molecule is C#CCC(NC(=O)OCC1c2ccccc2-c2ccccc21)C(=O)Nc1ccc(C(=O)O)c(Cl)c1. The first-order valence-corrected chi connectivity index (χ1v) is 11.2. The summed E-state index contributed by atoms with van der Waals surface area (Å²) in [5, 5.41) is 14.1. The van der Waals surface area contributed by atoms with Crippen LogP contribution in [0.15, 0.2) is 66.7 Å². The van der Waals surface area contributed by atoms with E-state index in [1.54, 1.807) is 0 Å². The van der Waals surface area contributed by atoms with Crippen molar-refractivity contribution in [2.45, 2.75) is 18.4 Å². The van der Waals surface area contributed by atoms with Crippen LogP contribution in [0, 0.1) is 12.3 Å². The number of alkyl carbamates (subject to hydrolysis) is 1. The van der Waals surface area contributed by atoms with Crippen LogP contribution in [0.2, 0.25) is 5.02 Å². The van der Waals surface area contributed by atoms with Gasteiger partial charge in [0.15, 0.2) is 0 Å². The van der Waals surface area contributed by atoms with Gasteiger partial charge in [-0.3, -0.25) is 4.79 Å². The van der Waals surface area contributed by atoms with Crippen LogP contribution in [0.4, 0.5) is 10.5 Å². The maximum Gasteiger partial charge on any atom is 0.407 e. The highest BCUT2D eigenvalue weighted by Gasteiger charge is 2.29. The molecule has 1 aliphatic rings. The first-order valence-electron chi connectivity index (χ1n) is 10.8. The number of carbonyl (C=O) groups is 3. The van der Waals surface area contributed by atoms with Gasteiger partial charge in [0.25, 0.3) is 0 Å². The van der Waals surface area contributed by atoms with Gasteiger partial charge in [-0.1, -0.05) is 60.1 Å². The summed E-state index contributed by atoms with van der Waals surface area (Å²) in [5.74, 6) is 0.469. The molecule has 0 heterocycles. The van der Waals surface area contributed by atoms with E-state index in [0.717, 1.165) is 22.3 Å². The highest BCUT2D eigenvalue weighted by atomic mass is 35.5. The third-order valence-electron chi connectivity index (χ3n) is 5.74. The van der Waals surface area contributed by atoms with Gasteiger partial charge in [-0.05, 0) is 40.5 Å². The number of aromatic carboxylic acids is 1. The van der Waals surface area contributed by atoms with E-state index >= 15 is 0 Å². The number of halogens is 1. The van der Waals surface area contributed by atoms with Gasteiger partial charge in [0, 0.05) is 18.0 Å². The van der Waals surface area contributed by atoms with E-state index in [9.17, 15) is 14.4 Å². The summed E-state index contributed by atoms with van der Waals surface area (Å²) in [7, 11) is 0. The molecule has 7 nitrogen and oxygen atoms in total. The lowest BCUT2D eigenvalue weighted by atomic mass is 9.98. The standard InChI is InChI=1S/C27H21ClN2O5/c1-2-7-24(25(31)29-16-12-13-21(26(32)33)23(28)14-16)30-27(34)35-15-22-19-10-5-3-8-17(19)18-9-4-6-11-20(18)22/h1,3-6,8-14,22,24H,7,15H2,(H,29,31)(H,30,34)(H,32,33). The molecule has 35 heavy (non-hydrogen) atoms. The molecule has 0 spiro atoms. The maximum atomic E-state index is 12.7. The van der Waals surface area contributed by atoms with Crippen LogP contribution in [-0.4, -0.2) is 35.7 Å². The van der Waals surface area contributed by atoms with E-state index in [4.69, 9.17) is 27.9 Å². The van der Waals surface area contributed by atoms with Gasteiger partial charge in [-0.2, -0.15) is 0 Å². The van der Waals surface area contributed by atoms with E-state index in [-0.39, 0.29) is 35.2 Å². The minimum Gasteiger partial charge on any atom is -0.478 e. The number of fused-ring (bicyclic) bond motifs is 3. The van der Waals surface area contributed by atoms with Gasteiger partial charge in [0.1, 0.15) is 12.6 Å². The Labute approximate surface area is 207 Å². The Hall–Kier alpha value is -4.28. The minimum atomic E-state index is -1.19. The fourth-order valence-corrected chi connectivity index (χ4v) is 4.37. The minimum absolute atomic E-state index is 0.0340. The summed E-state index contributed by atoms with van der Waals surface area (Å²) in [6.45, 7) is 0.0938. The molecule has 2 amide bonds. The predicted octanol–water partition coefficient (Wildman–Crippen LogP) is 4.91. The summed E-state index contributed by atoms with van der Waals surface area (Å²) in [6, 6.07) is 18.8. The number of amides is 2. The van der Waals surface area contributed by atoms with Crippen molar-refractivity contribution in [1.82, 2.24) is 5.32 Å². The van der Waals surface area contributed by atoms with Crippen LogP contribution in [0.5, 0.6) is 0 Å². The Morgan fingerprint density at radius 2 is 1.66 bits per heavy atom. The van der Waals surface area contributed by atoms with Crippen molar-refractivity contribution >= 4 is 35.3 Å². The van der Waals surface area contributed by atoms with Gasteiger partial charge in [-0.25, -0.2) is 9.59 Å². The van der Waals surface area contributed by atoms with Crippen molar-refractivity contribution in [3.8, 4) is 23.5 Å². The van der Waals surface area contributed by atoms with Crippen LogP contribution < -0.4 is 10.6 Å². The van der Waals surface area contributed by atoms with Crippen LogP contribution >= 0.6 is 11.6 Å². The zero-order valence-corrected chi connectivity index (χ0v) is 19.2. The van der Waals surface area contributed by atoms with Crippen molar-refractivity contribution in [2.24, 2.45) is 0 Å². The number of rotatable bonds is 7. The summed E-state index contributed by atoms with van der Waals surface area (Å²) in [6.07, 6.45) is 4.54. The average Bonchev–Trinajstić information content (AvgIpc) is 3.16. The monoisotopic (exact) mass is 488 g/mol. The molecule has 0 saturated carbocycles. The molecule has 176 valence electrons. The average molecular weight is 489 g/mol. The number of carbonyl (C=O) groups excluding carboxylic acids is 2. The van der Waals surface area contributed by atoms with Crippen molar-refractivity contribution in [3.05, 3.63) is 88.4 Å². The van der Waals surface area contributed by atoms with Gasteiger partial charge in [-0.15, -0.1) is 12.3 Å². The maximum absolute atomic E-state index is 12.7. The summed E-state index contributed by atoms with van der Waals surface area (Å²) in [4.78, 5) is 36.4. The van der Waals surface area contributed by atoms with Gasteiger partial charge in [0.2, 0.25) is 5.91 Å². The fraction of sp³-hybridized carbons (Fsp3) is 0.148. The number of carboxylic acid groups (broad SMARTS) is 1. The molecule has 0 fully saturated rings. The second-order valence-electron chi connectivity index (χ2n) is 7.92. The summed E-state index contributed by atoms with van der Waals surface area (Å²) in [5.41, 5.74) is 4.52. The molecular weight excluding hydrogens is 468 g/mol. The number of hydrogen-bond donors (Lipinski definition) is 3. The van der Waals surface area contributed by atoms with E-state index in [1.165, 1.54) is 18.2 Å². The highest BCUT2D eigenvalue weighted by Crippen LogP contribution is 2.44. The number of benzene rings is 3. The number of carboxylic acids is 1. The zero-order chi connectivity index (χ0) is 24.9. The molecule has 3 aromatic carbocycles. The molecule has 0 aliphatic heterocycles. The van der Waals surface area contributed by atoms with Crippen molar-refractivity contribution in [3.63, 3.8) is 0 Å². The van der Waals surface area contributed by atoms with Crippen LogP contribution in [0.1, 0.15) is 33.8 Å². The largest absolute Gasteiger partial charge is 0.478 e. The molecular formula is C27H21ClN2O5. The Morgan fingerprint density at radius 3 is 2.23 bits per heavy atom. The van der Waals surface area contributed by atoms with Crippen LogP contribution in [-0.2, 0) is 9.53 Å². The number of hydrogen-bond acceptors (Lipinski definition) is 4. The number of nitrogens with one attached hydrogen (secondary N) is 2. The molecule has 4 rings (SSSR count). The lowest BCUT2D eigenvalue weighted by molar-refractivity contribution is -0.118. The third kappa shape index (κ3) is 5.13. The molecule has 3 aromatic rings. The smallest absolute Gasteiger partial charge is 0.407 e. The van der Waals surface area contributed by atoms with E-state index in [2.05, 4.69) is 16.6 Å². The molecule has 0 saturated heterocycles. The van der Waals surface area contributed by atoms with E-state index in [1.807, 2.05) is 48.5 Å². The number of anilines is 1. The van der Waals surface area contributed by atoms with Gasteiger partial charge < -0.3 is 20.5 Å². The Balaban J connectivity index is 1.41. The van der Waals surface area contributed by atoms with Crippen molar-refractivity contribution < 1.29 is 24.2 Å². The van der Waals surface area contributed by atoms with Crippen LogP contribution in [0.3, 0.4) is 0 Å². The third-order valence-corrected chi connectivity index (χ3v) is 6.05. The van der Waals surface area contributed by atoms with Crippen molar-refractivity contribution in [1.29, 1.82) is 0 Å². The topological polar surface area (TPSA) is 105 Å². The van der Waals surface area contributed by atoms with Crippen molar-refractivity contribution in [2.75, 3.05) is 11.9 Å². The molecule has 1 atom stereocenters. The normalized spacial score (nSPS) is 12.6. The van der Waals surface area contributed by atoms with Gasteiger partial charge in [0.05, 0.1) is 10.6 Å². The quantitative estimate of drug-likeness (QED) is 0.410. The first-order chi connectivity index (χ1) is 16.9. The Morgan fingerprint density at radius 1 is 1.03 bits per heavy atom. The number of terminal acetylenes is 1. The van der Waals surface area contributed by atoms with Gasteiger partial charge >= 0.3 is 12.1 Å². The molecule has 0 aromatic heterocycles. The first kappa shape index (κ1) is 23.9. The van der Waals surface area contributed by atoms with Crippen LogP contribution in [0.25, 0.3) is 11.1 Å². The molecule has 1 aliphatic carbocycles. The highest BCUT2D eigenvalue weighted by molar-refractivity contribution is 6.33. The molecule has 3 N–H and O–H groups in total. The lowest BCUT2D eigenvalue weighted by Crippen LogP contribution is -2.44.